The van der Waals surface area contributed by atoms with Crippen LogP contribution in [0.1, 0.15) is 126 Å². The SMILES string of the molecule is CC(C)c1cccc(C(C)CCC(C)c2cc(F)cc(C(C)C)c2NC(=O)NS(=O)(=O)C2CCCN(CC(F)(F)F)C2)c1NC(=O)NS(=O)(=O)C1CCNCC1. The van der Waals surface area contributed by atoms with Crippen molar-refractivity contribution in [2.45, 2.75) is 120 Å². The number of likely N-dealkylation sites (tertiary alicyclic amines) is 1. The number of carbonyl (C=O) groups is 2. The molecule has 56 heavy (non-hydrogen) atoms. The lowest BCUT2D eigenvalue weighted by Gasteiger charge is -2.32. The number of sulfonamides is 2. The molecular formula is C38H56F4N6O6S2. The van der Waals surface area contributed by atoms with Crippen LogP contribution >= 0.6 is 0 Å². The maximum absolute atomic E-state index is 15.1. The van der Waals surface area contributed by atoms with Crippen molar-refractivity contribution in [1.29, 1.82) is 0 Å². The van der Waals surface area contributed by atoms with Gasteiger partial charge in [0.15, 0.2) is 0 Å². The van der Waals surface area contributed by atoms with Gasteiger partial charge in [-0.1, -0.05) is 59.7 Å². The molecule has 2 aliphatic heterocycles. The van der Waals surface area contributed by atoms with Gasteiger partial charge in [0.2, 0.25) is 20.0 Å². The summed E-state index contributed by atoms with van der Waals surface area (Å²) in [7, 11) is -8.28. The minimum absolute atomic E-state index is 0.0142. The minimum atomic E-state index is -4.50. The molecule has 2 fully saturated rings. The van der Waals surface area contributed by atoms with E-state index >= 15 is 4.39 Å². The molecule has 3 atom stereocenters. The molecule has 2 aliphatic rings. The van der Waals surface area contributed by atoms with Gasteiger partial charge in [-0.05, 0) is 116 Å². The molecule has 0 saturated carbocycles. The number of amides is 4. The van der Waals surface area contributed by atoms with Crippen LogP contribution in [-0.2, 0) is 20.0 Å². The van der Waals surface area contributed by atoms with Gasteiger partial charge in [-0.25, -0.2) is 40.3 Å². The van der Waals surface area contributed by atoms with E-state index in [1.54, 1.807) is 13.8 Å². The van der Waals surface area contributed by atoms with Crippen LogP contribution in [0.2, 0.25) is 0 Å². The van der Waals surface area contributed by atoms with Gasteiger partial charge in [0, 0.05) is 17.9 Å². The van der Waals surface area contributed by atoms with Crippen molar-refractivity contribution >= 4 is 43.5 Å². The Kier molecular flexibility index (Phi) is 15.2. The number of benzene rings is 2. The smallest absolute Gasteiger partial charge is 0.317 e. The van der Waals surface area contributed by atoms with Crippen molar-refractivity contribution in [2.24, 2.45) is 0 Å². The quantitative estimate of drug-likeness (QED) is 0.123. The second-order valence-electron chi connectivity index (χ2n) is 15.7. The van der Waals surface area contributed by atoms with Gasteiger partial charge in [-0.15, -0.1) is 0 Å². The molecule has 12 nitrogen and oxygen atoms in total. The molecule has 2 saturated heterocycles. The van der Waals surface area contributed by atoms with E-state index in [9.17, 15) is 39.6 Å². The first-order chi connectivity index (χ1) is 26.1. The van der Waals surface area contributed by atoms with Gasteiger partial charge < -0.3 is 16.0 Å². The topological polar surface area (TPSA) is 166 Å². The summed E-state index contributed by atoms with van der Waals surface area (Å²) in [5.41, 5.74) is 3.21. The zero-order valence-electron chi connectivity index (χ0n) is 32.9. The standard InChI is InChI=1S/C38H56F4N6O6S2/c1-23(2)30-10-7-11-31(34(30)44-36(49)46-55(51,52)28-14-16-43-17-15-28)25(5)12-13-26(6)33-20-27(39)19-32(24(3)4)35(33)45-37(50)47-56(53,54)29-9-8-18-48(21-29)22-38(40,41)42/h7,10-11,19-20,23-26,28-29,43H,8-9,12-18,21-22H2,1-6H3,(H2,44,46,49)(H2,45,47,50). The molecular weight excluding hydrogens is 777 g/mol. The Bertz CT molecular complexity index is 1920. The Morgan fingerprint density at radius 2 is 1.27 bits per heavy atom. The maximum Gasteiger partial charge on any atom is 0.401 e. The van der Waals surface area contributed by atoms with Crippen LogP contribution in [0, 0.1) is 5.82 Å². The van der Waals surface area contributed by atoms with Crippen molar-refractivity contribution in [1.82, 2.24) is 19.7 Å². The second-order valence-corrected chi connectivity index (χ2v) is 19.6. The number of nitrogens with one attached hydrogen (secondary N) is 5. The zero-order valence-corrected chi connectivity index (χ0v) is 34.5. The maximum atomic E-state index is 15.1. The highest BCUT2D eigenvalue weighted by Gasteiger charge is 2.38. The predicted octanol–water partition coefficient (Wildman–Crippen LogP) is 7.44. The lowest BCUT2D eigenvalue weighted by Crippen LogP contribution is -2.50. The van der Waals surface area contributed by atoms with Gasteiger partial charge in [0.05, 0.1) is 17.0 Å². The highest BCUT2D eigenvalue weighted by atomic mass is 32.2. The van der Waals surface area contributed by atoms with Crippen molar-refractivity contribution in [3.63, 3.8) is 0 Å². The fourth-order valence-electron chi connectivity index (χ4n) is 7.55. The molecule has 0 spiro atoms. The molecule has 2 aromatic rings. The summed E-state index contributed by atoms with van der Waals surface area (Å²) in [6.07, 6.45) is -2.42. The number of urea groups is 2. The average Bonchev–Trinajstić information content (AvgIpc) is 3.10. The van der Waals surface area contributed by atoms with Crippen molar-refractivity contribution in [3.8, 4) is 0 Å². The number of hydrogen-bond donors (Lipinski definition) is 5. The molecule has 0 aromatic heterocycles. The fourth-order valence-corrected chi connectivity index (χ4v) is 10.2. The fraction of sp³-hybridized carbons (Fsp3) is 0.632. The summed E-state index contributed by atoms with van der Waals surface area (Å²) in [6.45, 7) is 10.9. The normalized spacial score (nSPS) is 18.8. The molecule has 0 aliphatic carbocycles. The predicted molar refractivity (Wildman–Crippen MR) is 211 cm³/mol. The first-order valence-corrected chi connectivity index (χ1v) is 22.3. The number of hydrogen-bond acceptors (Lipinski definition) is 8. The molecule has 0 bridgehead atoms. The molecule has 18 heteroatoms. The monoisotopic (exact) mass is 832 g/mol. The van der Waals surface area contributed by atoms with E-state index in [1.165, 1.54) is 12.1 Å². The Balaban J connectivity index is 1.52. The number of carbonyl (C=O) groups excluding carboxylic acids is 2. The van der Waals surface area contributed by atoms with Crippen LogP contribution in [0.5, 0.6) is 0 Å². The summed E-state index contributed by atoms with van der Waals surface area (Å²) in [6, 6.07) is 6.22. The molecule has 2 aromatic carbocycles. The van der Waals surface area contributed by atoms with Gasteiger partial charge in [0.1, 0.15) is 5.82 Å². The molecule has 4 amide bonds. The Morgan fingerprint density at radius 1 is 0.768 bits per heavy atom. The van der Waals surface area contributed by atoms with Gasteiger partial charge in [-0.2, -0.15) is 13.2 Å². The van der Waals surface area contributed by atoms with Crippen LogP contribution < -0.4 is 25.4 Å². The highest BCUT2D eigenvalue weighted by molar-refractivity contribution is 7.91. The van der Waals surface area contributed by atoms with Crippen LogP contribution in [0.15, 0.2) is 30.3 Å². The van der Waals surface area contributed by atoms with Crippen LogP contribution in [0.3, 0.4) is 0 Å². The third-order valence-corrected chi connectivity index (χ3v) is 14.2. The lowest BCUT2D eigenvalue weighted by atomic mass is 9.84. The third-order valence-electron chi connectivity index (χ3n) is 10.6. The number of nitrogens with zero attached hydrogens (tertiary/aromatic N) is 1. The molecule has 5 N–H and O–H groups in total. The summed E-state index contributed by atoms with van der Waals surface area (Å²) < 4.78 is 111. The van der Waals surface area contributed by atoms with E-state index < -0.39 is 61.1 Å². The minimum Gasteiger partial charge on any atom is -0.317 e. The Morgan fingerprint density at radius 3 is 1.82 bits per heavy atom. The van der Waals surface area contributed by atoms with E-state index in [4.69, 9.17) is 0 Å². The number of rotatable bonds is 14. The number of halogens is 4. The Hall–Kier alpha value is -3.48. The first kappa shape index (κ1) is 45.2. The zero-order chi connectivity index (χ0) is 41.6. The molecule has 314 valence electrons. The lowest BCUT2D eigenvalue weighted by molar-refractivity contribution is -0.147. The summed E-state index contributed by atoms with van der Waals surface area (Å²) in [4.78, 5) is 27.5. The summed E-state index contributed by atoms with van der Waals surface area (Å²) in [5, 5.41) is 6.64. The van der Waals surface area contributed by atoms with E-state index in [1.807, 2.05) is 50.6 Å². The van der Waals surface area contributed by atoms with Crippen molar-refractivity contribution in [2.75, 3.05) is 43.4 Å². The van der Waals surface area contributed by atoms with Gasteiger partial charge in [0.25, 0.3) is 0 Å². The van der Waals surface area contributed by atoms with Crippen LogP contribution in [-0.4, -0.2) is 83.2 Å². The number of para-hydroxylation sites is 1. The first-order valence-electron chi connectivity index (χ1n) is 19.2. The molecule has 4 rings (SSSR count). The van der Waals surface area contributed by atoms with E-state index in [2.05, 4.69) is 20.7 Å². The average molecular weight is 833 g/mol. The van der Waals surface area contributed by atoms with E-state index in [0.29, 0.717) is 55.6 Å². The highest BCUT2D eigenvalue weighted by Crippen LogP contribution is 2.39. The molecule has 0 radical (unpaired) electrons. The Labute approximate surface area is 328 Å². The summed E-state index contributed by atoms with van der Waals surface area (Å²) in [5.74, 6) is -1.39. The molecule has 3 unspecified atom stereocenters. The second kappa shape index (κ2) is 18.9. The van der Waals surface area contributed by atoms with Crippen LogP contribution in [0.4, 0.5) is 38.5 Å². The third kappa shape index (κ3) is 12.3. The number of piperidine rings is 2. The van der Waals surface area contributed by atoms with E-state index in [0.717, 1.165) is 16.0 Å². The summed E-state index contributed by atoms with van der Waals surface area (Å²) >= 11 is 0. The van der Waals surface area contributed by atoms with Crippen LogP contribution in [0.25, 0.3) is 0 Å². The van der Waals surface area contributed by atoms with Gasteiger partial charge >= 0.3 is 18.2 Å². The van der Waals surface area contributed by atoms with Gasteiger partial charge in [-0.3, -0.25) is 4.90 Å². The molecule has 2 heterocycles. The van der Waals surface area contributed by atoms with Crippen molar-refractivity contribution < 1.29 is 44.0 Å². The number of anilines is 2. The van der Waals surface area contributed by atoms with Crippen molar-refractivity contribution in [3.05, 3.63) is 58.4 Å². The largest absolute Gasteiger partial charge is 0.401 e. The van der Waals surface area contributed by atoms with E-state index in [-0.39, 0.29) is 55.3 Å². The number of alkyl halides is 3.